The molecule has 5 heteroatoms. The first-order valence-electron chi connectivity index (χ1n) is 6.68. The topological polar surface area (TPSA) is 62.6 Å². The number of hydrogen-bond acceptors (Lipinski definition) is 3. The van der Waals surface area contributed by atoms with Gasteiger partial charge in [0.2, 0.25) is 11.8 Å². The van der Waals surface area contributed by atoms with Crippen molar-refractivity contribution in [3.8, 4) is 0 Å². The van der Waals surface area contributed by atoms with Crippen molar-refractivity contribution >= 4 is 11.8 Å². The fourth-order valence-electron chi connectivity index (χ4n) is 2.26. The fourth-order valence-corrected chi connectivity index (χ4v) is 2.26. The smallest absolute Gasteiger partial charge is 0.248 e. The van der Waals surface area contributed by atoms with Crippen molar-refractivity contribution in [2.75, 3.05) is 13.1 Å². The molecule has 104 valence electrons. The minimum atomic E-state index is -0.781. The Morgan fingerprint density at radius 2 is 2.26 bits per heavy atom. The first-order chi connectivity index (χ1) is 9.05. The molecule has 1 saturated heterocycles. The second-order valence-corrected chi connectivity index (χ2v) is 5.11. The summed E-state index contributed by atoms with van der Waals surface area (Å²) in [5, 5.41) is 2.82. The Bertz CT molecular complexity index is 455. The maximum atomic E-state index is 12.5. The van der Waals surface area contributed by atoms with Crippen LogP contribution in [0.5, 0.6) is 0 Å². The Morgan fingerprint density at radius 3 is 2.89 bits per heavy atom. The average Bonchev–Trinajstić information content (AvgIpc) is 2.87. The monoisotopic (exact) mass is 264 g/mol. The van der Waals surface area contributed by atoms with E-state index in [1.807, 2.05) is 19.1 Å². The SMILES string of the molecule is CCC1(C)NC(=O)CCN(CCc2ccco2)C1=O. The molecule has 0 radical (unpaired) electrons. The molecular formula is C14H20N2O3. The van der Waals surface area contributed by atoms with Crippen LogP contribution in [0.1, 0.15) is 32.4 Å². The van der Waals surface area contributed by atoms with Crippen LogP contribution in [0.15, 0.2) is 22.8 Å². The van der Waals surface area contributed by atoms with Crippen molar-refractivity contribution in [3.05, 3.63) is 24.2 Å². The molecule has 1 unspecified atom stereocenters. The molecule has 5 nitrogen and oxygen atoms in total. The molecule has 2 heterocycles. The molecule has 1 aromatic heterocycles. The summed E-state index contributed by atoms with van der Waals surface area (Å²) in [5.41, 5.74) is -0.781. The van der Waals surface area contributed by atoms with Crippen LogP contribution in [0.25, 0.3) is 0 Å². The van der Waals surface area contributed by atoms with Crippen LogP contribution < -0.4 is 5.32 Å². The predicted molar refractivity (Wildman–Crippen MR) is 70.4 cm³/mol. The average molecular weight is 264 g/mol. The molecule has 0 saturated carbocycles. The van der Waals surface area contributed by atoms with E-state index in [1.165, 1.54) is 0 Å². The van der Waals surface area contributed by atoms with Gasteiger partial charge in [-0.25, -0.2) is 0 Å². The van der Waals surface area contributed by atoms with Crippen LogP contribution in [0.2, 0.25) is 0 Å². The van der Waals surface area contributed by atoms with Crippen molar-refractivity contribution in [1.29, 1.82) is 0 Å². The Kier molecular flexibility index (Phi) is 3.93. The molecule has 0 spiro atoms. The molecule has 0 aliphatic carbocycles. The van der Waals surface area contributed by atoms with Gasteiger partial charge >= 0.3 is 0 Å². The van der Waals surface area contributed by atoms with Gasteiger partial charge < -0.3 is 14.6 Å². The first kappa shape index (κ1) is 13.6. The van der Waals surface area contributed by atoms with Gasteiger partial charge in [0.15, 0.2) is 0 Å². The molecule has 19 heavy (non-hydrogen) atoms. The molecule has 0 bridgehead atoms. The predicted octanol–water partition coefficient (Wildman–Crippen LogP) is 1.34. The van der Waals surface area contributed by atoms with E-state index in [4.69, 9.17) is 4.42 Å². The van der Waals surface area contributed by atoms with Crippen molar-refractivity contribution in [3.63, 3.8) is 0 Å². The summed E-state index contributed by atoms with van der Waals surface area (Å²) in [6.07, 6.45) is 3.25. The number of hydrogen-bond donors (Lipinski definition) is 1. The fraction of sp³-hybridized carbons (Fsp3) is 0.571. The minimum Gasteiger partial charge on any atom is -0.469 e. The third-order valence-corrected chi connectivity index (χ3v) is 3.70. The van der Waals surface area contributed by atoms with Gasteiger partial charge in [-0.05, 0) is 25.5 Å². The van der Waals surface area contributed by atoms with Crippen molar-refractivity contribution in [2.24, 2.45) is 0 Å². The quantitative estimate of drug-likeness (QED) is 0.892. The highest BCUT2D eigenvalue weighted by molar-refractivity contribution is 5.93. The van der Waals surface area contributed by atoms with Crippen LogP contribution in [-0.2, 0) is 16.0 Å². The van der Waals surface area contributed by atoms with E-state index in [9.17, 15) is 9.59 Å². The number of nitrogens with one attached hydrogen (secondary N) is 1. The third-order valence-electron chi connectivity index (χ3n) is 3.70. The largest absolute Gasteiger partial charge is 0.469 e. The lowest BCUT2D eigenvalue weighted by Crippen LogP contribution is -2.54. The molecule has 1 fully saturated rings. The van der Waals surface area contributed by atoms with Crippen LogP contribution >= 0.6 is 0 Å². The van der Waals surface area contributed by atoms with Gasteiger partial charge in [-0.1, -0.05) is 6.92 Å². The summed E-state index contributed by atoms with van der Waals surface area (Å²) in [6, 6.07) is 3.73. The van der Waals surface area contributed by atoms with Crippen LogP contribution in [-0.4, -0.2) is 35.3 Å². The van der Waals surface area contributed by atoms with E-state index in [1.54, 1.807) is 18.1 Å². The van der Waals surface area contributed by atoms with Crippen LogP contribution in [0, 0.1) is 0 Å². The Balaban J connectivity index is 2.06. The molecule has 1 aliphatic heterocycles. The zero-order valence-electron chi connectivity index (χ0n) is 11.4. The number of carbonyl (C=O) groups excluding carboxylic acids is 2. The highest BCUT2D eigenvalue weighted by Crippen LogP contribution is 2.18. The summed E-state index contributed by atoms with van der Waals surface area (Å²) in [6.45, 7) is 4.75. The van der Waals surface area contributed by atoms with E-state index < -0.39 is 5.54 Å². The molecule has 1 aliphatic rings. The van der Waals surface area contributed by atoms with E-state index in [0.29, 0.717) is 32.4 Å². The lowest BCUT2D eigenvalue weighted by molar-refractivity contribution is -0.138. The van der Waals surface area contributed by atoms with Crippen LogP contribution in [0.4, 0.5) is 0 Å². The maximum absolute atomic E-state index is 12.5. The highest BCUT2D eigenvalue weighted by Gasteiger charge is 2.38. The summed E-state index contributed by atoms with van der Waals surface area (Å²) < 4.78 is 5.27. The Labute approximate surface area is 113 Å². The van der Waals surface area contributed by atoms with Gasteiger partial charge in [-0.15, -0.1) is 0 Å². The lowest BCUT2D eigenvalue weighted by atomic mass is 9.97. The van der Waals surface area contributed by atoms with Crippen molar-refractivity contribution in [1.82, 2.24) is 10.2 Å². The van der Waals surface area contributed by atoms with Gasteiger partial charge in [0.1, 0.15) is 11.3 Å². The lowest BCUT2D eigenvalue weighted by Gasteiger charge is -2.31. The highest BCUT2D eigenvalue weighted by atomic mass is 16.3. The summed E-state index contributed by atoms with van der Waals surface area (Å²) in [5.74, 6) is 0.792. The third kappa shape index (κ3) is 2.97. The standard InChI is InChI=1S/C14H20N2O3/c1-3-14(2)13(18)16(9-7-12(17)15-14)8-6-11-5-4-10-19-11/h4-5,10H,3,6-9H2,1-2H3,(H,15,17). The maximum Gasteiger partial charge on any atom is 0.248 e. The number of carbonyl (C=O) groups is 2. The number of amides is 2. The van der Waals surface area contributed by atoms with Gasteiger partial charge in [-0.3, -0.25) is 9.59 Å². The molecule has 2 rings (SSSR count). The number of furan rings is 1. The first-order valence-corrected chi connectivity index (χ1v) is 6.68. The molecule has 1 N–H and O–H groups in total. The second-order valence-electron chi connectivity index (χ2n) is 5.11. The normalized spacial score (nSPS) is 24.2. The molecular weight excluding hydrogens is 244 g/mol. The van der Waals surface area contributed by atoms with Gasteiger partial charge in [-0.2, -0.15) is 0 Å². The zero-order valence-corrected chi connectivity index (χ0v) is 11.4. The van der Waals surface area contributed by atoms with Gasteiger partial charge in [0.25, 0.3) is 0 Å². The molecule has 1 atom stereocenters. The zero-order chi connectivity index (χ0) is 13.9. The minimum absolute atomic E-state index is 0.00703. The van der Waals surface area contributed by atoms with E-state index in [0.717, 1.165) is 5.76 Å². The summed E-state index contributed by atoms with van der Waals surface area (Å²) in [7, 11) is 0. The second kappa shape index (κ2) is 5.47. The molecule has 2 amide bonds. The van der Waals surface area contributed by atoms with E-state index in [-0.39, 0.29) is 11.8 Å². The summed E-state index contributed by atoms with van der Waals surface area (Å²) >= 11 is 0. The Morgan fingerprint density at radius 1 is 1.47 bits per heavy atom. The summed E-state index contributed by atoms with van der Waals surface area (Å²) in [4.78, 5) is 25.9. The molecule has 1 aromatic rings. The number of nitrogens with zero attached hydrogens (tertiary/aromatic N) is 1. The molecule has 0 aromatic carbocycles. The van der Waals surface area contributed by atoms with Crippen molar-refractivity contribution in [2.45, 2.75) is 38.6 Å². The Hall–Kier alpha value is -1.78. The van der Waals surface area contributed by atoms with Gasteiger partial charge in [0, 0.05) is 25.9 Å². The number of rotatable bonds is 4. The van der Waals surface area contributed by atoms with Crippen molar-refractivity contribution < 1.29 is 14.0 Å². The van der Waals surface area contributed by atoms with Crippen LogP contribution in [0.3, 0.4) is 0 Å². The van der Waals surface area contributed by atoms with E-state index >= 15 is 0 Å². The van der Waals surface area contributed by atoms with E-state index in [2.05, 4.69) is 5.32 Å². The van der Waals surface area contributed by atoms with Gasteiger partial charge in [0.05, 0.1) is 6.26 Å².